The summed E-state index contributed by atoms with van der Waals surface area (Å²) in [5.74, 6) is -0.441. The lowest BCUT2D eigenvalue weighted by Gasteiger charge is -2.16. The quantitative estimate of drug-likeness (QED) is 0.471. The highest BCUT2D eigenvalue weighted by Gasteiger charge is 2.39. The third kappa shape index (κ3) is 5.80. The van der Waals surface area contributed by atoms with Crippen molar-refractivity contribution < 1.29 is 14.4 Å². The Morgan fingerprint density at radius 3 is 2.29 bits per heavy atom. The summed E-state index contributed by atoms with van der Waals surface area (Å²) in [6.07, 6.45) is 0.0240. The van der Waals surface area contributed by atoms with Crippen molar-refractivity contribution in [1.29, 1.82) is 0 Å². The second kappa shape index (κ2) is 10.5. The maximum Gasteiger partial charge on any atom is 0.242 e. The number of rotatable bonds is 7. The minimum atomic E-state index is -0.565. The molecule has 1 aliphatic rings. The van der Waals surface area contributed by atoms with Crippen LogP contribution < -0.4 is 5.32 Å². The molecule has 1 atom stereocenters. The Morgan fingerprint density at radius 1 is 0.971 bits per heavy atom. The second-order valence-corrected chi connectivity index (χ2v) is 9.30. The predicted octanol–water partition coefficient (Wildman–Crippen LogP) is 5.36. The molecule has 34 heavy (non-hydrogen) atoms. The van der Waals surface area contributed by atoms with E-state index >= 15 is 0 Å². The summed E-state index contributed by atoms with van der Waals surface area (Å²) in [4.78, 5) is 43.8. The summed E-state index contributed by atoms with van der Waals surface area (Å²) in [6.45, 7) is 3.89. The van der Waals surface area contributed by atoms with E-state index in [-0.39, 0.29) is 24.0 Å². The van der Waals surface area contributed by atoms with Gasteiger partial charge in [-0.1, -0.05) is 59.8 Å². The average molecular weight is 472 g/mol. The number of benzene rings is 3. The van der Waals surface area contributed by atoms with Gasteiger partial charge in [-0.15, -0.1) is 0 Å². The number of amidine groups is 1. The maximum absolute atomic E-state index is 13.3. The van der Waals surface area contributed by atoms with E-state index in [1.165, 1.54) is 18.7 Å². The number of carbonyl (C=O) groups excluding carboxylic acids is 3. The number of nitrogens with one attached hydrogen (secondary N) is 1. The molecule has 1 N–H and O–H groups in total. The van der Waals surface area contributed by atoms with Crippen LogP contribution >= 0.6 is 11.8 Å². The van der Waals surface area contributed by atoms with Gasteiger partial charge in [-0.25, -0.2) is 4.99 Å². The number of hydrogen-bond acceptors (Lipinski definition) is 5. The molecular formula is C27H25N3O3S. The van der Waals surface area contributed by atoms with Gasteiger partial charge in [-0.3, -0.25) is 19.3 Å². The van der Waals surface area contributed by atoms with Crippen LogP contribution in [0.15, 0.2) is 83.9 Å². The van der Waals surface area contributed by atoms with Crippen LogP contribution in [-0.4, -0.2) is 32.9 Å². The van der Waals surface area contributed by atoms with Gasteiger partial charge in [0.15, 0.2) is 11.0 Å². The lowest BCUT2D eigenvalue weighted by atomic mass is 10.1. The molecule has 1 heterocycles. The zero-order chi connectivity index (χ0) is 24.1. The van der Waals surface area contributed by atoms with Gasteiger partial charge >= 0.3 is 0 Å². The highest BCUT2D eigenvalue weighted by molar-refractivity contribution is 8.15. The third-order valence-electron chi connectivity index (χ3n) is 5.41. The number of nitrogens with zero attached hydrogens (tertiary/aromatic N) is 2. The van der Waals surface area contributed by atoms with E-state index in [1.807, 2.05) is 61.5 Å². The summed E-state index contributed by atoms with van der Waals surface area (Å²) in [5, 5.41) is 2.84. The summed E-state index contributed by atoms with van der Waals surface area (Å²) >= 11 is 1.31. The Bertz CT molecular complexity index is 1220. The van der Waals surface area contributed by atoms with Crippen LogP contribution in [0.1, 0.15) is 34.8 Å². The fourth-order valence-corrected chi connectivity index (χ4v) is 4.69. The second-order valence-electron chi connectivity index (χ2n) is 8.13. The fourth-order valence-electron chi connectivity index (χ4n) is 3.53. The van der Waals surface area contributed by atoms with Gasteiger partial charge in [0.25, 0.3) is 0 Å². The van der Waals surface area contributed by atoms with Crippen molar-refractivity contribution in [1.82, 2.24) is 4.90 Å². The van der Waals surface area contributed by atoms with Crippen molar-refractivity contribution in [2.45, 2.75) is 32.1 Å². The number of ketones is 1. The number of thioether (sulfide) groups is 1. The lowest BCUT2D eigenvalue weighted by molar-refractivity contribution is -0.128. The number of aryl methyl sites for hydroxylation is 1. The Morgan fingerprint density at radius 2 is 1.65 bits per heavy atom. The van der Waals surface area contributed by atoms with Gasteiger partial charge in [0.05, 0.1) is 12.2 Å². The highest BCUT2D eigenvalue weighted by Crippen LogP contribution is 2.33. The molecule has 0 aromatic heterocycles. The van der Waals surface area contributed by atoms with E-state index in [0.29, 0.717) is 23.0 Å². The Hall–Kier alpha value is -3.71. The predicted molar refractivity (Wildman–Crippen MR) is 136 cm³/mol. The summed E-state index contributed by atoms with van der Waals surface area (Å²) in [6, 6.07) is 24.2. The minimum absolute atomic E-state index is 0.0240. The highest BCUT2D eigenvalue weighted by atomic mass is 32.2. The van der Waals surface area contributed by atoms with Crippen LogP contribution in [-0.2, 0) is 16.1 Å². The monoisotopic (exact) mass is 471 g/mol. The van der Waals surface area contributed by atoms with Gasteiger partial charge < -0.3 is 5.32 Å². The van der Waals surface area contributed by atoms with Crippen molar-refractivity contribution in [2.75, 3.05) is 5.32 Å². The van der Waals surface area contributed by atoms with E-state index in [1.54, 1.807) is 29.2 Å². The largest absolute Gasteiger partial charge is 0.326 e. The third-order valence-corrected chi connectivity index (χ3v) is 6.58. The molecule has 3 aromatic carbocycles. The van der Waals surface area contributed by atoms with E-state index in [2.05, 4.69) is 5.32 Å². The molecule has 2 amide bonds. The van der Waals surface area contributed by atoms with E-state index < -0.39 is 5.25 Å². The number of hydrogen-bond donors (Lipinski definition) is 1. The molecule has 0 spiro atoms. The molecule has 0 saturated carbocycles. The number of Topliss-reactive ketones (excluding diaryl/α,β-unsaturated/α-hetero) is 1. The van der Waals surface area contributed by atoms with Crippen LogP contribution in [0.25, 0.3) is 0 Å². The van der Waals surface area contributed by atoms with Crippen LogP contribution in [0.3, 0.4) is 0 Å². The first-order chi connectivity index (χ1) is 16.4. The van der Waals surface area contributed by atoms with E-state index in [9.17, 15) is 14.4 Å². The molecule has 1 fully saturated rings. The Kier molecular flexibility index (Phi) is 7.23. The number of amides is 2. The van der Waals surface area contributed by atoms with Crippen molar-refractivity contribution in [3.05, 3.63) is 95.6 Å². The molecule has 1 saturated heterocycles. The molecule has 1 unspecified atom stereocenters. The molecule has 0 bridgehead atoms. The van der Waals surface area contributed by atoms with Gasteiger partial charge in [-0.2, -0.15) is 0 Å². The van der Waals surface area contributed by atoms with Crippen molar-refractivity contribution >= 4 is 45.9 Å². The summed E-state index contributed by atoms with van der Waals surface area (Å²) < 4.78 is 0. The van der Waals surface area contributed by atoms with Crippen molar-refractivity contribution in [3.8, 4) is 0 Å². The molecule has 172 valence electrons. The van der Waals surface area contributed by atoms with Crippen LogP contribution in [0.4, 0.5) is 11.4 Å². The van der Waals surface area contributed by atoms with Gasteiger partial charge in [0.1, 0.15) is 5.25 Å². The molecule has 7 heteroatoms. The smallest absolute Gasteiger partial charge is 0.242 e. The number of carbonyl (C=O) groups is 3. The standard InChI is InChI=1S/C27H25N3O3S/c1-18-8-12-23(13-9-18)29-27-30(17-20-6-4-3-5-7-20)26(33)24(34-27)16-25(32)28-22-14-10-21(11-15-22)19(2)31/h3-15,24H,16-17H2,1-2H3,(H,28,32). The van der Waals surface area contributed by atoms with Gasteiger partial charge in [0.2, 0.25) is 11.8 Å². The van der Waals surface area contributed by atoms with Crippen LogP contribution in [0.5, 0.6) is 0 Å². The van der Waals surface area contributed by atoms with Gasteiger partial charge in [0, 0.05) is 17.7 Å². The number of aliphatic imine (C=N–C) groups is 1. The normalized spacial score (nSPS) is 16.6. The van der Waals surface area contributed by atoms with Crippen molar-refractivity contribution in [3.63, 3.8) is 0 Å². The summed E-state index contributed by atoms with van der Waals surface area (Å²) in [7, 11) is 0. The molecule has 0 aliphatic carbocycles. The SMILES string of the molecule is CC(=O)c1ccc(NC(=O)CC2SC(=Nc3ccc(C)cc3)N(Cc3ccccc3)C2=O)cc1. The zero-order valence-corrected chi connectivity index (χ0v) is 19.8. The first-order valence-corrected chi connectivity index (χ1v) is 11.8. The Balaban J connectivity index is 1.50. The van der Waals surface area contributed by atoms with Crippen molar-refractivity contribution in [2.24, 2.45) is 4.99 Å². The number of anilines is 1. The van der Waals surface area contributed by atoms with E-state index in [4.69, 9.17) is 4.99 Å². The van der Waals surface area contributed by atoms with Gasteiger partial charge in [-0.05, 0) is 55.8 Å². The van der Waals surface area contributed by atoms with E-state index in [0.717, 1.165) is 16.8 Å². The zero-order valence-electron chi connectivity index (χ0n) is 19.0. The molecule has 4 rings (SSSR count). The topological polar surface area (TPSA) is 78.8 Å². The average Bonchev–Trinajstić information content (AvgIpc) is 3.10. The first-order valence-electron chi connectivity index (χ1n) is 11.0. The summed E-state index contributed by atoms with van der Waals surface area (Å²) in [5.41, 5.74) is 4.04. The van der Waals surface area contributed by atoms with Crippen LogP contribution in [0.2, 0.25) is 0 Å². The minimum Gasteiger partial charge on any atom is -0.326 e. The maximum atomic E-state index is 13.3. The first kappa shape index (κ1) is 23.4. The Labute approximate surface area is 203 Å². The molecule has 0 radical (unpaired) electrons. The molecule has 3 aromatic rings. The molecule has 1 aliphatic heterocycles. The molecular weight excluding hydrogens is 446 g/mol. The van der Waals surface area contributed by atoms with Crippen LogP contribution in [0, 0.1) is 6.92 Å². The lowest BCUT2D eigenvalue weighted by Crippen LogP contribution is -2.33. The fraction of sp³-hybridized carbons (Fsp3) is 0.185. The molecule has 6 nitrogen and oxygen atoms in total.